The molecule has 0 heterocycles. The fourth-order valence-electron chi connectivity index (χ4n) is 2.62. The number of hydrogen-bond acceptors (Lipinski definition) is 3. The average molecular weight is 272 g/mol. The fourth-order valence-corrected chi connectivity index (χ4v) is 2.62. The van der Waals surface area contributed by atoms with Gasteiger partial charge in [-0.15, -0.1) is 0 Å². The summed E-state index contributed by atoms with van der Waals surface area (Å²) in [5.41, 5.74) is 1.89. The molecule has 1 amide bonds. The van der Waals surface area contributed by atoms with Gasteiger partial charge in [0.15, 0.2) is 0 Å². The summed E-state index contributed by atoms with van der Waals surface area (Å²) in [5.74, 6) is -2.27. The summed E-state index contributed by atoms with van der Waals surface area (Å²) in [6.07, 6.45) is 1.90. The summed E-state index contributed by atoms with van der Waals surface area (Å²) in [4.78, 5) is 23.3. The molecule has 1 saturated carbocycles. The zero-order valence-corrected chi connectivity index (χ0v) is 11.2. The van der Waals surface area contributed by atoms with Crippen LogP contribution in [0.2, 0.25) is 0 Å². The van der Waals surface area contributed by atoms with E-state index in [1.54, 1.807) is 18.2 Å². The third-order valence-corrected chi connectivity index (χ3v) is 3.79. The van der Waals surface area contributed by atoms with Crippen LogP contribution in [0, 0.1) is 30.1 Å². The summed E-state index contributed by atoms with van der Waals surface area (Å²) >= 11 is 0. The van der Waals surface area contributed by atoms with E-state index in [1.165, 1.54) is 0 Å². The van der Waals surface area contributed by atoms with Crippen molar-refractivity contribution in [2.75, 3.05) is 5.32 Å². The lowest BCUT2D eigenvalue weighted by Gasteiger charge is -2.16. The maximum absolute atomic E-state index is 12.2. The van der Waals surface area contributed by atoms with Gasteiger partial charge in [-0.05, 0) is 37.5 Å². The number of aliphatic carboxylic acids is 1. The number of anilines is 1. The molecule has 1 fully saturated rings. The summed E-state index contributed by atoms with van der Waals surface area (Å²) in [6.45, 7) is 1.83. The molecule has 104 valence electrons. The second kappa shape index (κ2) is 5.74. The van der Waals surface area contributed by atoms with Crippen LogP contribution in [0.15, 0.2) is 18.2 Å². The standard InChI is InChI=1S/C15H16N2O3/c1-9-5-6-10(8-16)7-13(9)17-14(18)11-3-2-4-12(11)15(19)20/h5-7,11-12H,2-4H2,1H3,(H,17,18)(H,19,20)/t11-,12+/m1/s1. The van der Waals surface area contributed by atoms with E-state index in [0.29, 0.717) is 24.1 Å². The van der Waals surface area contributed by atoms with Crippen molar-refractivity contribution in [3.63, 3.8) is 0 Å². The zero-order chi connectivity index (χ0) is 14.7. The molecule has 1 aliphatic carbocycles. The molecule has 0 bridgehead atoms. The lowest BCUT2D eigenvalue weighted by molar-refractivity contribution is -0.145. The molecule has 0 saturated heterocycles. The smallest absolute Gasteiger partial charge is 0.307 e. The van der Waals surface area contributed by atoms with Crippen LogP contribution < -0.4 is 5.32 Å². The molecule has 1 aromatic carbocycles. The Morgan fingerprint density at radius 1 is 1.35 bits per heavy atom. The molecule has 0 radical (unpaired) electrons. The lowest BCUT2D eigenvalue weighted by Crippen LogP contribution is -2.30. The lowest BCUT2D eigenvalue weighted by atomic mass is 9.95. The Bertz CT molecular complexity index is 589. The van der Waals surface area contributed by atoms with Gasteiger partial charge in [0, 0.05) is 5.69 Å². The van der Waals surface area contributed by atoms with Gasteiger partial charge in [-0.25, -0.2) is 0 Å². The van der Waals surface area contributed by atoms with Crippen LogP contribution in [0.3, 0.4) is 0 Å². The van der Waals surface area contributed by atoms with Crippen LogP contribution in [0.4, 0.5) is 5.69 Å². The van der Waals surface area contributed by atoms with Crippen molar-refractivity contribution in [2.45, 2.75) is 26.2 Å². The average Bonchev–Trinajstić information content (AvgIpc) is 2.90. The minimum absolute atomic E-state index is 0.270. The van der Waals surface area contributed by atoms with Crippen molar-refractivity contribution in [2.24, 2.45) is 11.8 Å². The van der Waals surface area contributed by atoms with E-state index in [2.05, 4.69) is 5.32 Å². The summed E-state index contributed by atoms with van der Waals surface area (Å²) in [7, 11) is 0. The van der Waals surface area contributed by atoms with E-state index in [9.17, 15) is 9.59 Å². The predicted molar refractivity (Wildman–Crippen MR) is 73.0 cm³/mol. The van der Waals surface area contributed by atoms with Crippen LogP contribution in [0.1, 0.15) is 30.4 Å². The van der Waals surface area contributed by atoms with Gasteiger partial charge >= 0.3 is 5.97 Å². The molecule has 0 unspecified atom stereocenters. The number of carboxylic acid groups (broad SMARTS) is 1. The minimum atomic E-state index is -0.912. The quantitative estimate of drug-likeness (QED) is 0.883. The third-order valence-electron chi connectivity index (χ3n) is 3.79. The first-order valence-electron chi connectivity index (χ1n) is 6.57. The van der Waals surface area contributed by atoms with Gasteiger partial charge in [-0.3, -0.25) is 9.59 Å². The summed E-state index contributed by atoms with van der Waals surface area (Å²) < 4.78 is 0. The van der Waals surface area contributed by atoms with Crippen molar-refractivity contribution in [1.29, 1.82) is 5.26 Å². The number of rotatable bonds is 3. The Morgan fingerprint density at radius 2 is 2.05 bits per heavy atom. The number of nitrogens with one attached hydrogen (secondary N) is 1. The number of carbonyl (C=O) groups excluding carboxylic acids is 1. The Balaban J connectivity index is 2.16. The molecule has 2 atom stereocenters. The van der Waals surface area contributed by atoms with Crippen LogP contribution >= 0.6 is 0 Å². The van der Waals surface area contributed by atoms with Gasteiger partial charge < -0.3 is 10.4 Å². The number of amides is 1. The topological polar surface area (TPSA) is 90.2 Å². The van der Waals surface area contributed by atoms with Gasteiger partial charge in [-0.2, -0.15) is 5.26 Å². The second-order valence-corrected chi connectivity index (χ2v) is 5.11. The van der Waals surface area contributed by atoms with Crippen molar-refractivity contribution < 1.29 is 14.7 Å². The first-order valence-corrected chi connectivity index (χ1v) is 6.57. The van der Waals surface area contributed by atoms with Gasteiger partial charge in [0.05, 0.1) is 23.5 Å². The monoisotopic (exact) mass is 272 g/mol. The first kappa shape index (κ1) is 14.1. The van der Waals surface area contributed by atoms with E-state index in [0.717, 1.165) is 12.0 Å². The highest BCUT2D eigenvalue weighted by atomic mass is 16.4. The SMILES string of the molecule is Cc1ccc(C#N)cc1NC(=O)[C@@H]1CCC[C@@H]1C(=O)O. The fraction of sp³-hybridized carbons (Fsp3) is 0.400. The molecule has 5 heteroatoms. The van der Waals surface area contributed by atoms with E-state index < -0.39 is 17.8 Å². The number of nitriles is 1. The number of carboxylic acids is 1. The maximum Gasteiger partial charge on any atom is 0.307 e. The Labute approximate surface area is 117 Å². The molecule has 1 aromatic rings. The normalized spacial score (nSPS) is 21.2. The number of nitrogens with zero attached hydrogens (tertiary/aromatic N) is 1. The molecule has 2 rings (SSSR count). The van der Waals surface area contributed by atoms with E-state index in [-0.39, 0.29) is 5.91 Å². The highest BCUT2D eigenvalue weighted by Crippen LogP contribution is 2.33. The molecular formula is C15H16N2O3. The predicted octanol–water partition coefficient (Wildman–Crippen LogP) is 2.31. The van der Waals surface area contributed by atoms with Gasteiger partial charge in [-0.1, -0.05) is 12.5 Å². The van der Waals surface area contributed by atoms with Crippen molar-refractivity contribution >= 4 is 17.6 Å². The second-order valence-electron chi connectivity index (χ2n) is 5.11. The number of hydrogen-bond donors (Lipinski definition) is 2. The van der Waals surface area contributed by atoms with Crippen molar-refractivity contribution in [1.82, 2.24) is 0 Å². The van der Waals surface area contributed by atoms with Crippen LogP contribution in [0.5, 0.6) is 0 Å². The van der Waals surface area contributed by atoms with Crippen LogP contribution in [-0.2, 0) is 9.59 Å². The molecule has 1 aliphatic rings. The molecular weight excluding hydrogens is 256 g/mol. The number of benzene rings is 1. The summed E-state index contributed by atoms with van der Waals surface area (Å²) in [5, 5.41) is 20.7. The molecule has 5 nitrogen and oxygen atoms in total. The zero-order valence-electron chi connectivity index (χ0n) is 11.2. The molecule has 20 heavy (non-hydrogen) atoms. The Morgan fingerprint density at radius 3 is 2.70 bits per heavy atom. The Kier molecular flexibility index (Phi) is 4.04. The minimum Gasteiger partial charge on any atom is -0.481 e. The molecule has 0 aromatic heterocycles. The van der Waals surface area contributed by atoms with E-state index in [1.807, 2.05) is 13.0 Å². The highest BCUT2D eigenvalue weighted by Gasteiger charge is 2.37. The largest absolute Gasteiger partial charge is 0.481 e. The van der Waals surface area contributed by atoms with Gasteiger partial charge in [0.25, 0.3) is 0 Å². The van der Waals surface area contributed by atoms with Crippen LogP contribution in [0.25, 0.3) is 0 Å². The van der Waals surface area contributed by atoms with Gasteiger partial charge in [0.1, 0.15) is 0 Å². The summed E-state index contributed by atoms with van der Waals surface area (Å²) in [6, 6.07) is 7.07. The molecule has 2 N–H and O–H groups in total. The van der Waals surface area contributed by atoms with Gasteiger partial charge in [0.2, 0.25) is 5.91 Å². The molecule has 0 aliphatic heterocycles. The number of carbonyl (C=O) groups is 2. The highest BCUT2D eigenvalue weighted by molar-refractivity contribution is 5.96. The third kappa shape index (κ3) is 2.80. The van der Waals surface area contributed by atoms with Crippen LogP contribution in [-0.4, -0.2) is 17.0 Å². The van der Waals surface area contributed by atoms with E-state index in [4.69, 9.17) is 10.4 Å². The first-order chi connectivity index (χ1) is 9.52. The number of aryl methyl sites for hydroxylation is 1. The van der Waals surface area contributed by atoms with Crippen molar-refractivity contribution in [3.05, 3.63) is 29.3 Å². The molecule has 0 spiro atoms. The Hall–Kier alpha value is -2.35. The maximum atomic E-state index is 12.2. The van der Waals surface area contributed by atoms with E-state index >= 15 is 0 Å². The van der Waals surface area contributed by atoms with Crippen molar-refractivity contribution in [3.8, 4) is 6.07 Å².